The highest BCUT2D eigenvalue weighted by atomic mass is 19.1. The van der Waals surface area contributed by atoms with Crippen LogP contribution in [0.25, 0.3) is 12.2 Å². The molecule has 0 saturated carbocycles. The Morgan fingerprint density at radius 2 is 1.46 bits per heavy atom. The molecule has 0 atom stereocenters. The number of hydrogen-bond donors (Lipinski definition) is 2. The molecule has 0 radical (unpaired) electrons. The van der Waals surface area contributed by atoms with E-state index in [4.69, 9.17) is 0 Å². The number of halogens is 2. The van der Waals surface area contributed by atoms with Crippen molar-refractivity contribution in [1.82, 2.24) is 0 Å². The molecule has 0 aliphatic rings. The largest absolute Gasteiger partial charge is 0.478 e. The fraction of sp³-hybridized carbons (Fsp3) is 0. The maximum absolute atomic E-state index is 13.3. The van der Waals surface area contributed by atoms with E-state index in [9.17, 15) is 23.5 Å². The van der Waals surface area contributed by atoms with Gasteiger partial charge in [-0.3, -0.25) is 4.79 Å². The van der Waals surface area contributed by atoms with Gasteiger partial charge in [0.25, 0.3) is 5.91 Å². The van der Waals surface area contributed by atoms with Gasteiger partial charge in [0.15, 0.2) is 0 Å². The third-order valence-corrected chi connectivity index (χ3v) is 3.91. The zero-order chi connectivity index (χ0) is 20.1. The highest BCUT2D eigenvalue weighted by Crippen LogP contribution is 2.21. The molecule has 3 aromatic carbocycles. The molecule has 0 aliphatic heterocycles. The van der Waals surface area contributed by atoms with E-state index in [0.29, 0.717) is 16.7 Å². The molecule has 0 fully saturated rings. The van der Waals surface area contributed by atoms with Gasteiger partial charge in [-0.25, -0.2) is 13.6 Å². The van der Waals surface area contributed by atoms with Gasteiger partial charge in [0.05, 0.1) is 11.3 Å². The second kappa shape index (κ2) is 8.26. The molecular weight excluding hydrogens is 364 g/mol. The Hall–Kier alpha value is -3.80. The summed E-state index contributed by atoms with van der Waals surface area (Å²) < 4.78 is 26.6. The van der Waals surface area contributed by atoms with Gasteiger partial charge in [0, 0.05) is 11.6 Å². The van der Waals surface area contributed by atoms with E-state index >= 15 is 0 Å². The Balaban J connectivity index is 1.90. The summed E-state index contributed by atoms with van der Waals surface area (Å²) in [5.74, 6) is -3.03. The fourth-order valence-corrected chi connectivity index (χ4v) is 2.60. The predicted octanol–water partition coefficient (Wildman–Crippen LogP) is 5.09. The molecule has 3 rings (SSSR count). The van der Waals surface area contributed by atoms with E-state index in [1.54, 1.807) is 36.4 Å². The van der Waals surface area contributed by atoms with Crippen LogP contribution >= 0.6 is 0 Å². The zero-order valence-electron chi connectivity index (χ0n) is 14.5. The number of rotatable bonds is 5. The van der Waals surface area contributed by atoms with Crippen LogP contribution in [0.2, 0.25) is 0 Å². The standard InChI is InChI=1S/C22H15F2NO3/c23-17-10-15(11-18(24)13-17)7-6-14-8-9-19(22(27)28)20(12-14)25-21(26)16-4-2-1-3-5-16/h1-13H,(H,25,26)(H,27,28)/b7-6+. The monoisotopic (exact) mass is 379 g/mol. The van der Waals surface area contributed by atoms with Crippen molar-refractivity contribution >= 4 is 29.7 Å². The summed E-state index contributed by atoms with van der Waals surface area (Å²) in [6, 6.07) is 15.9. The van der Waals surface area contributed by atoms with Gasteiger partial charge in [-0.05, 0) is 47.5 Å². The van der Waals surface area contributed by atoms with Gasteiger partial charge < -0.3 is 10.4 Å². The first-order valence-electron chi connectivity index (χ1n) is 8.30. The molecule has 1 amide bonds. The van der Waals surface area contributed by atoms with Gasteiger partial charge in [-0.15, -0.1) is 0 Å². The van der Waals surface area contributed by atoms with Crippen LogP contribution in [0.5, 0.6) is 0 Å². The summed E-state index contributed by atoms with van der Waals surface area (Å²) in [6.45, 7) is 0. The van der Waals surface area contributed by atoms with Crippen LogP contribution in [-0.4, -0.2) is 17.0 Å². The van der Waals surface area contributed by atoms with Crippen molar-refractivity contribution in [1.29, 1.82) is 0 Å². The Morgan fingerprint density at radius 3 is 2.11 bits per heavy atom. The molecule has 0 bridgehead atoms. The number of carbonyl (C=O) groups is 2. The van der Waals surface area contributed by atoms with Gasteiger partial charge in [0.1, 0.15) is 11.6 Å². The van der Waals surface area contributed by atoms with Crippen molar-refractivity contribution in [3.8, 4) is 0 Å². The van der Waals surface area contributed by atoms with E-state index in [1.807, 2.05) is 0 Å². The van der Waals surface area contributed by atoms with Crippen LogP contribution in [0.15, 0.2) is 66.7 Å². The van der Waals surface area contributed by atoms with Crippen molar-refractivity contribution < 1.29 is 23.5 Å². The van der Waals surface area contributed by atoms with Crippen LogP contribution in [0.4, 0.5) is 14.5 Å². The summed E-state index contributed by atoms with van der Waals surface area (Å²) >= 11 is 0. The minimum Gasteiger partial charge on any atom is -0.478 e. The predicted molar refractivity (Wildman–Crippen MR) is 103 cm³/mol. The number of anilines is 1. The molecule has 4 nitrogen and oxygen atoms in total. The maximum Gasteiger partial charge on any atom is 0.337 e. The van der Waals surface area contributed by atoms with Crippen molar-refractivity contribution in [2.75, 3.05) is 5.32 Å². The highest BCUT2D eigenvalue weighted by molar-refractivity contribution is 6.08. The van der Waals surface area contributed by atoms with Gasteiger partial charge in [0.2, 0.25) is 0 Å². The van der Waals surface area contributed by atoms with Crippen LogP contribution in [-0.2, 0) is 0 Å². The summed E-state index contributed by atoms with van der Waals surface area (Å²) in [7, 11) is 0. The number of nitrogens with one attached hydrogen (secondary N) is 1. The summed E-state index contributed by atoms with van der Waals surface area (Å²) in [5, 5.41) is 11.9. The number of carboxylic acid groups (broad SMARTS) is 1. The lowest BCUT2D eigenvalue weighted by molar-refractivity contribution is 0.0698. The van der Waals surface area contributed by atoms with Crippen LogP contribution < -0.4 is 5.32 Å². The highest BCUT2D eigenvalue weighted by Gasteiger charge is 2.14. The molecule has 0 aromatic heterocycles. The lowest BCUT2D eigenvalue weighted by Gasteiger charge is -2.10. The minimum atomic E-state index is -1.19. The molecule has 0 spiro atoms. The number of carboxylic acids is 1. The minimum absolute atomic E-state index is 0.0711. The van der Waals surface area contributed by atoms with Crippen molar-refractivity contribution in [3.63, 3.8) is 0 Å². The Kier molecular flexibility index (Phi) is 5.60. The zero-order valence-corrected chi connectivity index (χ0v) is 14.5. The van der Waals surface area contributed by atoms with E-state index in [2.05, 4.69) is 5.32 Å². The maximum atomic E-state index is 13.3. The lowest BCUT2D eigenvalue weighted by atomic mass is 10.1. The molecular formula is C22H15F2NO3. The average molecular weight is 379 g/mol. The van der Waals surface area contributed by atoms with E-state index in [-0.39, 0.29) is 11.3 Å². The summed E-state index contributed by atoms with van der Waals surface area (Å²) in [4.78, 5) is 23.8. The molecule has 0 unspecified atom stereocenters. The van der Waals surface area contributed by atoms with E-state index in [0.717, 1.165) is 6.07 Å². The summed E-state index contributed by atoms with van der Waals surface area (Å²) in [6.07, 6.45) is 3.06. The van der Waals surface area contributed by atoms with Gasteiger partial charge >= 0.3 is 5.97 Å². The number of amides is 1. The number of benzene rings is 3. The number of carbonyl (C=O) groups excluding carboxylic acids is 1. The van der Waals surface area contributed by atoms with Crippen molar-refractivity contribution in [2.24, 2.45) is 0 Å². The first-order valence-corrected chi connectivity index (χ1v) is 8.30. The Morgan fingerprint density at radius 1 is 0.821 bits per heavy atom. The second-order valence-electron chi connectivity index (χ2n) is 5.97. The topological polar surface area (TPSA) is 66.4 Å². The number of hydrogen-bond acceptors (Lipinski definition) is 2. The smallest absolute Gasteiger partial charge is 0.337 e. The molecule has 140 valence electrons. The fourth-order valence-electron chi connectivity index (χ4n) is 2.60. The molecule has 0 aliphatic carbocycles. The lowest BCUT2D eigenvalue weighted by Crippen LogP contribution is -2.14. The molecule has 0 heterocycles. The van der Waals surface area contributed by atoms with Crippen molar-refractivity contribution in [2.45, 2.75) is 0 Å². The molecule has 28 heavy (non-hydrogen) atoms. The normalized spacial score (nSPS) is 10.8. The van der Waals surface area contributed by atoms with E-state index in [1.165, 1.54) is 36.4 Å². The Labute approximate surface area is 159 Å². The first-order chi connectivity index (χ1) is 13.4. The van der Waals surface area contributed by atoms with Gasteiger partial charge in [-0.2, -0.15) is 0 Å². The van der Waals surface area contributed by atoms with Crippen LogP contribution in [0, 0.1) is 11.6 Å². The molecule has 0 saturated heterocycles. The van der Waals surface area contributed by atoms with Gasteiger partial charge in [-0.1, -0.05) is 36.4 Å². The SMILES string of the molecule is O=C(Nc1cc(/C=C/c2cc(F)cc(F)c2)ccc1C(=O)O)c1ccccc1. The molecule has 6 heteroatoms. The molecule has 2 N–H and O–H groups in total. The third-order valence-electron chi connectivity index (χ3n) is 3.91. The van der Waals surface area contributed by atoms with E-state index < -0.39 is 23.5 Å². The molecule has 3 aromatic rings. The Bertz CT molecular complexity index is 1040. The average Bonchev–Trinajstić information content (AvgIpc) is 2.66. The second-order valence-corrected chi connectivity index (χ2v) is 5.97. The first kappa shape index (κ1) is 19.0. The summed E-state index contributed by atoms with van der Waals surface area (Å²) in [5.41, 5.74) is 1.30. The number of aromatic carboxylic acids is 1. The van der Waals surface area contributed by atoms with Crippen molar-refractivity contribution in [3.05, 3.63) is 101 Å². The van der Waals surface area contributed by atoms with Crippen LogP contribution in [0.3, 0.4) is 0 Å². The third kappa shape index (κ3) is 4.67. The van der Waals surface area contributed by atoms with Crippen LogP contribution in [0.1, 0.15) is 31.8 Å². The quantitative estimate of drug-likeness (QED) is 0.607.